The molecule has 10 heteroatoms. The van der Waals surface area contributed by atoms with Crippen LogP contribution in [-0.4, -0.2) is 46.1 Å². The molecular formula is C18H21ClN6O2S. The number of nitrogens with zero attached hydrogens (tertiary/aromatic N) is 4. The van der Waals surface area contributed by atoms with Crippen LogP contribution in [-0.2, 0) is 9.84 Å². The molecule has 8 nitrogen and oxygen atoms in total. The van der Waals surface area contributed by atoms with E-state index in [4.69, 9.17) is 11.6 Å². The Balaban J connectivity index is 1.58. The predicted molar refractivity (Wildman–Crippen MR) is 110 cm³/mol. The van der Waals surface area contributed by atoms with Gasteiger partial charge in [0.1, 0.15) is 5.82 Å². The molecule has 0 spiro atoms. The molecular weight excluding hydrogens is 400 g/mol. The van der Waals surface area contributed by atoms with E-state index in [1.807, 2.05) is 38.1 Å². The smallest absolute Gasteiger partial charge is 0.256 e. The van der Waals surface area contributed by atoms with Crippen molar-refractivity contribution in [3.8, 4) is 0 Å². The van der Waals surface area contributed by atoms with E-state index in [2.05, 4.69) is 25.7 Å². The first kappa shape index (κ1) is 18.9. The Morgan fingerprint density at radius 1 is 1.25 bits per heavy atom. The molecule has 3 heterocycles. The number of hydrogen-bond acceptors (Lipinski definition) is 7. The molecule has 1 aliphatic heterocycles. The predicted octanol–water partition coefficient (Wildman–Crippen LogP) is 2.98. The molecule has 148 valence electrons. The molecule has 0 radical (unpaired) electrons. The molecule has 1 unspecified atom stereocenters. The standard InChI is InChI=1S/C18H21ClN6O2S/c1-11-3-4-14(19)8-15(11)22-17-23-18-21-12(2)7-16(25(18)24-17)20-9-13-5-6-28(26,27)10-13/h3-4,7-8,13,20H,5-6,9-10H2,1-2H3,(H,22,24). The highest BCUT2D eigenvalue weighted by molar-refractivity contribution is 7.91. The summed E-state index contributed by atoms with van der Waals surface area (Å²) in [4.78, 5) is 8.88. The summed E-state index contributed by atoms with van der Waals surface area (Å²) in [7, 11) is -2.90. The number of rotatable bonds is 5. The number of aromatic nitrogens is 4. The average Bonchev–Trinajstić information content (AvgIpc) is 3.18. The Morgan fingerprint density at radius 3 is 2.82 bits per heavy atom. The first-order chi connectivity index (χ1) is 13.3. The number of aryl methyl sites for hydroxylation is 2. The van der Waals surface area contributed by atoms with Gasteiger partial charge in [-0.05, 0) is 43.9 Å². The number of halogens is 1. The zero-order chi connectivity index (χ0) is 19.9. The van der Waals surface area contributed by atoms with Gasteiger partial charge in [-0.2, -0.15) is 9.50 Å². The third kappa shape index (κ3) is 4.05. The Morgan fingerprint density at radius 2 is 2.07 bits per heavy atom. The largest absolute Gasteiger partial charge is 0.370 e. The average molecular weight is 421 g/mol. The summed E-state index contributed by atoms with van der Waals surface area (Å²) in [5, 5.41) is 11.6. The van der Waals surface area contributed by atoms with Crippen LogP contribution in [0.3, 0.4) is 0 Å². The maximum absolute atomic E-state index is 11.7. The molecule has 1 saturated heterocycles. The van der Waals surface area contributed by atoms with Crippen molar-refractivity contribution >= 4 is 44.7 Å². The van der Waals surface area contributed by atoms with Crippen LogP contribution in [0.15, 0.2) is 24.3 Å². The van der Waals surface area contributed by atoms with Crippen molar-refractivity contribution in [3.05, 3.63) is 40.5 Å². The van der Waals surface area contributed by atoms with Gasteiger partial charge in [0, 0.05) is 29.0 Å². The minimum Gasteiger partial charge on any atom is -0.370 e. The van der Waals surface area contributed by atoms with Gasteiger partial charge >= 0.3 is 0 Å². The number of anilines is 3. The SMILES string of the molecule is Cc1cc(NCC2CCS(=O)(=O)C2)n2nc(Nc3cc(Cl)ccc3C)nc2n1. The highest BCUT2D eigenvalue weighted by atomic mass is 35.5. The molecule has 2 N–H and O–H groups in total. The third-order valence-corrected chi connectivity index (χ3v) is 6.86. The van der Waals surface area contributed by atoms with Gasteiger partial charge in [-0.1, -0.05) is 17.7 Å². The quantitative estimate of drug-likeness (QED) is 0.654. The van der Waals surface area contributed by atoms with Gasteiger partial charge in [0.15, 0.2) is 9.84 Å². The lowest BCUT2D eigenvalue weighted by molar-refractivity contribution is 0.595. The number of fused-ring (bicyclic) bond motifs is 1. The van der Waals surface area contributed by atoms with Gasteiger partial charge in [-0.3, -0.25) is 0 Å². The van der Waals surface area contributed by atoms with Crippen molar-refractivity contribution in [1.82, 2.24) is 19.6 Å². The van der Waals surface area contributed by atoms with Gasteiger partial charge in [-0.25, -0.2) is 13.4 Å². The molecule has 4 rings (SSSR count). The van der Waals surface area contributed by atoms with Crippen molar-refractivity contribution in [2.75, 3.05) is 28.7 Å². The summed E-state index contributed by atoms with van der Waals surface area (Å²) in [5.74, 6) is 2.20. The Kier molecular flexibility index (Phi) is 4.88. The summed E-state index contributed by atoms with van der Waals surface area (Å²) in [6.45, 7) is 4.42. The van der Waals surface area contributed by atoms with Crippen molar-refractivity contribution in [1.29, 1.82) is 0 Å². The lowest BCUT2D eigenvalue weighted by atomic mass is 10.1. The number of benzene rings is 1. The van der Waals surface area contributed by atoms with Crippen LogP contribution in [0.4, 0.5) is 17.5 Å². The molecule has 2 aromatic heterocycles. The van der Waals surface area contributed by atoms with Crippen LogP contribution in [0.2, 0.25) is 5.02 Å². The first-order valence-corrected chi connectivity index (χ1v) is 11.2. The van der Waals surface area contributed by atoms with Crippen LogP contribution < -0.4 is 10.6 Å². The van der Waals surface area contributed by atoms with Crippen LogP contribution in [0.5, 0.6) is 0 Å². The topological polar surface area (TPSA) is 101 Å². The van der Waals surface area contributed by atoms with Crippen molar-refractivity contribution < 1.29 is 8.42 Å². The van der Waals surface area contributed by atoms with E-state index in [0.29, 0.717) is 29.7 Å². The van der Waals surface area contributed by atoms with Crippen molar-refractivity contribution in [2.45, 2.75) is 20.3 Å². The molecule has 1 aromatic carbocycles. The number of nitrogens with one attached hydrogen (secondary N) is 2. The summed E-state index contributed by atoms with van der Waals surface area (Å²) >= 11 is 6.08. The highest BCUT2D eigenvalue weighted by Gasteiger charge is 2.27. The lowest BCUT2D eigenvalue weighted by Crippen LogP contribution is -2.17. The van der Waals surface area contributed by atoms with E-state index in [9.17, 15) is 8.42 Å². The summed E-state index contributed by atoms with van der Waals surface area (Å²) in [6.07, 6.45) is 0.681. The van der Waals surface area contributed by atoms with Gasteiger partial charge in [0.25, 0.3) is 5.78 Å². The molecule has 3 aromatic rings. The van der Waals surface area contributed by atoms with Crippen LogP contribution >= 0.6 is 11.6 Å². The molecule has 0 amide bonds. The molecule has 0 bridgehead atoms. The number of hydrogen-bond donors (Lipinski definition) is 2. The summed E-state index contributed by atoms with van der Waals surface area (Å²) in [5.41, 5.74) is 2.64. The van der Waals surface area contributed by atoms with E-state index < -0.39 is 9.84 Å². The van der Waals surface area contributed by atoms with Crippen LogP contribution in [0.1, 0.15) is 17.7 Å². The maximum atomic E-state index is 11.7. The third-order valence-electron chi connectivity index (χ3n) is 4.78. The van der Waals surface area contributed by atoms with E-state index >= 15 is 0 Å². The number of sulfone groups is 1. The molecule has 1 fully saturated rings. The van der Waals surface area contributed by atoms with Gasteiger partial charge in [0.2, 0.25) is 5.95 Å². The minimum atomic E-state index is -2.90. The fourth-order valence-corrected chi connectivity index (χ4v) is 5.33. The van der Waals surface area contributed by atoms with E-state index in [1.54, 1.807) is 4.52 Å². The Labute approximate surface area is 168 Å². The monoisotopic (exact) mass is 420 g/mol. The molecule has 1 aliphatic rings. The first-order valence-electron chi connectivity index (χ1n) is 9.01. The van der Waals surface area contributed by atoms with Crippen LogP contribution in [0, 0.1) is 19.8 Å². The zero-order valence-electron chi connectivity index (χ0n) is 15.6. The molecule has 0 aliphatic carbocycles. The maximum Gasteiger partial charge on any atom is 0.256 e. The Hall–Kier alpha value is -2.39. The Bertz CT molecular complexity index is 1140. The van der Waals surface area contributed by atoms with Crippen LogP contribution in [0.25, 0.3) is 5.78 Å². The van der Waals surface area contributed by atoms with Gasteiger partial charge < -0.3 is 10.6 Å². The highest BCUT2D eigenvalue weighted by Crippen LogP contribution is 2.24. The second kappa shape index (κ2) is 7.21. The second-order valence-corrected chi connectivity index (χ2v) is 9.83. The molecule has 28 heavy (non-hydrogen) atoms. The second-order valence-electron chi connectivity index (χ2n) is 7.16. The molecule has 1 atom stereocenters. The summed E-state index contributed by atoms with van der Waals surface area (Å²) in [6, 6.07) is 7.45. The van der Waals surface area contributed by atoms with Gasteiger partial charge in [0.05, 0.1) is 11.5 Å². The zero-order valence-corrected chi connectivity index (χ0v) is 17.2. The fraction of sp³-hybridized carbons (Fsp3) is 0.389. The summed E-state index contributed by atoms with van der Waals surface area (Å²) < 4.78 is 25.0. The van der Waals surface area contributed by atoms with Crippen molar-refractivity contribution in [3.63, 3.8) is 0 Å². The normalized spacial score (nSPS) is 18.5. The van der Waals surface area contributed by atoms with E-state index in [-0.39, 0.29) is 17.4 Å². The van der Waals surface area contributed by atoms with Gasteiger partial charge in [-0.15, -0.1) is 5.10 Å². The fourth-order valence-electron chi connectivity index (χ4n) is 3.30. The van der Waals surface area contributed by atoms with E-state index in [0.717, 1.165) is 22.8 Å². The lowest BCUT2D eigenvalue weighted by Gasteiger charge is -2.12. The van der Waals surface area contributed by atoms with Crippen molar-refractivity contribution in [2.24, 2.45) is 5.92 Å². The molecule has 0 saturated carbocycles. The minimum absolute atomic E-state index is 0.101. The van der Waals surface area contributed by atoms with E-state index in [1.165, 1.54) is 0 Å².